The Bertz CT molecular complexity index is 1230. The molecule has 2 atom stereocenters. The van der Waals surface area contributed by atoms with Crippen molar-refractivity contribution in [2.75, 3.05) is 25.0 Å². The molecule has 0 spiro atoms. The molecule has 0 saturated carbocycles. The average Bonchev–Trinajstić information content (AvgIpc) is 3.43. The van der Waals surface area contributed by atoms with Crippen LogP contribution >= 0.6 is 11.3 Å². The summed E-state index contributed by atoms with van der Waals surface area (Å²) in [6, 6.07) is -1.75. The smallest absolute Gasteiger partial charge is 0.413 e. The van der Waals surface area contributed by atoms with Crippen molar-refractivity contribution in [3.05, 3.63) is 11.1 Å². The van der Waals surface area contributed by atoms with E-state index < -0.39 is 52.8 Å². The van der Waals surface area contributed by atoms with Crippen LogP contribution in [0.15, 0.2) is 10.5 Å². The second-order valence-corrected chi connectivity index (χ2v) is 12.8. The van der Waals surface area contributed by atoms with Gasteiger partial charge in [-0.3, -0.25) is 14.9 Å². The number of β-lactam (4-membered cyclic amide) rings is 1. The van der Waals surface area contributed by atoms with Crippen molar-refractivity contribution in [1.29, 1.82) is 0 Å². The van der Waals surface area contributed by atoms with Gasteiger partial charge in [-0.2, -0.15) is 0 Å². The fraction of sp³-hybridized carbons (Fsp3) is 0.640. The molecule has 15 nitrogen and oxygen atoms in total. The van der Waals surface area contributed by atoms with Gasteiger partial charge in [-0.15, -0.1) is 11.3 Å². The highest BCUT2D eigenvalue weighted by atomic mass is 32.1. The summed E-state index contributed by atoms with van der Waals surface area (Å²) in [5.74, 6) is -1.99. The molecule has 0 unspecified atom stereocenters. The zero-order valence-electron chi connectivity index (χ0n) is 24.4. The minimum absolute atomic E-state index is 0.00810. The minimum Gasteiger partial charge on any atom is -0.457 e. The maximum Gasteiger partial charge on any atom is 0.413 e. The molecule has 0 bridgehead atoms. The van der Waals surface area contributed by atoms with Crippen LogP contribution in [0.1, 0.15) is 61.1 Å². The zero-order chi connectivity index (χ0) is 30.8. The lowest BCUT2D eigenvalue weighted by molar-refractivity contribution is -0.179. The van der Waals surface area contributed by atoms with E-state index in [-0.39, 0.29) is 29.1 Å². The van der Waals surface area contributed by atoms with Gasteiger partial charge in [0, 0.05) is 25.0 Å². The number of nitrogens with zero attached hydrogens (tertiary/aromatic N) is 3. The molecule has 1 aromatic heterocycles. The lowest BCUT2D eigenvalue weighted by Crippen LogP contribution is -2.72. The molecule has 3 heterocycles. The summed E-state index contributed by atoms with van der Waals surface area (Å²) in [6.45, 7) is 14.2. The minimum atomic E-state index is -1.59. The second-order valence-electron chi connectivity index (χ2n) is 12.0. The number of urea groups is 1. The number of carbonyl (C=O) groups is 5. The van der Waals surface area contributed by atoms with E-state index in [0.717, 1.165) is 11.3 Å². The van der Waals surface area contributed by atoms with Crippen molar-refractivity contribution in [3.8, 4) is 0 Å². The highest BCUT2D eigenvalue weighted by molar-refractivity contribution is 7.14. The number of hydrogen-bond donors (Lipinski definition) is 4. The Morgan fingerprint density at radius 3 is 2.32 bits per heavy atom. The van der Waals surface area contributed by atoms with Crippen LogP contribution in [0.25, 0.3) is 0 Å². The summed E-state index contributed by atoms with van der Waals surface area (Å²) < 4.78 is 10.6. The van der Waals surface area contributed by atoms with E-state index in [1.165, 1.54) is 24.1 Å². The molecule has 3 rings (SSSR count). The fourth-order valence-electron chi connectivity index (χ4n) is 3.53. The average molecular weight is 596 g/mol. The first-order valence-electron chi connectivity index (χ1n) is 12.9. The van der Waals surface area contributed by atoms with Crippen LogP contribution in [-0.2, 0) is 28.7 Å². The van der Waals surface area contributed by atoms with Crippen molar-refractivity contribution in [2.24, 2.45) is 5.16 Å². The molecule has 16 heteroatoms. The molecule has 2 aliphatic heterocycles. The number of ether oxygens (including phenoxy) is 2. The molecule has 2 fully saturated rings. The number of rotatable bonds is 9. The molecule has 1 aromatic rings. The van der Waals surface area contributed by atoms with Crippen molar-refractivity contribution in [3.63, 3.8) is 0 Å². The first-order valence-corrected chi connectivity index (χ1v) is 13.8. The lowest BCUT2D eigenvalue weighted by Gasteiger charge is -2.38. The number of anilines is 1. The normalized spacial score (nSPS) is 19.5. The van der Waals surface area contributed by atoms with Gasteiger partial charge in [0.2, 0.25) is 11.5 Å². The van der Waals surface area contributed by atoms with E-state index in [2.05, 4.69) is 31.4 Å². The van der Waals surface area contributed by atoms with Crippen LogP contribution < -0.4 is 21.3 Å². The molecule has 0 aliphatic carbocycles. The molecule has 226 valence electrons. The molecule has 2 aliphatic rings. The number of esters is 1. The molecule has 0 radical (unpaired) electrons. The number of nitrogens with one attached hydrogen (secondary N) is 4. The number of hydrogen-bond acceptors (Lipinski definition) is 11. The van der Waals surface area contributed by atoms with Crippen LogP contribution in [0, 0.1) is 0 Å². The SMILES string of the molecule is CC(C)(C)OC(=O)Nc1nc(C(=NOC(C)(C)C(=O)OC(C)(C)C)C(=O)N[C@@H]2C(=O)N[C@H]2CN2CCNC2=O)cs1. The van der Waals surface area contributed by atoms with Gasteiger partial charge in [-0.1, -0.05) is 5.16 Å². The highest BCUT2D eigenvalue weighted by Gasteiger charge is 2.43. The molecule has 0 aromatic carbocycles. The van der Waals surface area contributed by atoms with Gasteiger partial charge in [0.1, 0.15) is 22.9 Å². The van der Waals surface area contributed by atoms with Gasteiger partial charge >= 0.3 is 18.1 Å². The Hall–Kier alpha value is -3.95. The predicted octanol–water partition coefficient (Wildman–Crippen LogP) is 1.34. The van der Waals surface area contributed by atoms with Crippen LogP contribution in [0.5, 0.6) is 0 Å². The summed E-state index contributed by atoms with van der Waals surface area (Å²) in [6.07, 6.45) is -0.747. The number of carbonyl (C=O) groups excluding carboxylic acids is 5. The largest absolute Gasteiger partial charge is 0.457 e. The monoisotopic (exact) mass is 595 g/mol. The van der Waals surface area contributed by atoms with E-state index in [1.807, 2.05) is 0 Å². The molecular formula is C25H37N7O8S. The number of aromatic nitrogens is 1. The molecule has 41 heavy (non-hydrogen) atoms. The van der Waals surface area contributed by atoms with Crippen molar-refractivity contribution in [2.45, 2.75) is 84.3 Å². The summed E-state index contributed by atoms with van der Waals surface area (Å²) in [7, 11) is 0. The molecule has 4 N–H and O–H groups in total. The predicted molar refractivity (Wildman–Crippen MR) is 148 cm³/mol. The second kappa shape index (κ2) is 11.9. The van der Waals surface area contributed by atoms with Gasteiger partial charge in [0.05, 0.1) is 6.04 Å². The standard InChI is InChI=1S/C25H37N7O8S/c1-23(2,3)38-19(35)25(7,8)40-31-16(14-12-41-20(28-14)30-22(37)39-24(4,5)6)18(34)29-15-13(27-17(15)33)11-32-10-9-26-21(32)36/h12-13,15H,9-11H2,1-8H3,(H,26,36)(H,27,33)(H,29,34)(H,28,30,37)/t13-,15-/m0/s1. The van der Waals surface area contributed by atoms with E-state index in [0.29, 0.717) is 13.1 Å². The Labute approximate surface area is 241 Å². The molecular weight excluding hydrogens is 558 g/mol. The third-order valence-corrected chi connectivity index (χ3v) is 6.24. The molecule has 2 saturated heterocycles. The summed E-state index contributed by atoms with van der Waals surface area (Å²) >= 11 is 0.997. The van der Waals surface area contributed by atoms with E-state index in [1.54, 1.807) is 41.5 Å². The first-order chi connectivity index (χ1) is 18.8. The number of thiazole rings is 1. The van der Waals surface area contributed by atoms with Gasteiger partial charge < -0.3 is 35.2 Å². The number of amides is 5. The van der Waals surface area contributed by atoms with Gasteiger partial charge in [-0.25, -0.2) is 19.4 Å². The topological polar surface area (TPSA) is 190 Å². The van der Waals surface area contributed by atoms with Gasteiger partial charge in [0.25, 0.3) is 5.91 Å². The Morgan fingerprint density at radius 1 is 1.10 bits per heavy atom. The van der Waals surface area contributed by atoms with E-state index in [4.69, 9.17) is 14.3 Å². The third-order valence-electron chi connectivity index (χ3n) is 5.49. The quantitative estimate of drug-likeness (QED) is 0.141. The van der Waals surface area contributed by atoms with E-state index in [9.17, 15) is 24.0 Å². The Balaban J connectivity index is 1.82. The Kier molecular flexibility index (Phi) is 9.15. The lowest BCUT2D eigenvalue weighted by atomic mass is 9.98. The van der Waals surface area contributed by atoms with Crippen molar-refractivity contribution < 1.29 is 38.3 Å². The summed E-state index contributed by atoms with van der Waals surface area (Å²) in [5, 5.41) is 16.0. The molecule has 5 amide bonds. The fourth-order valence-corrected chi connectivity index (χ4v) is 4.21. The highest BCUT2D eigenvalue weighted by Crippen LogP contribution is 2.21. The first kappa shape index (κ1) is 31.6. The maximum absolute atomic E-state index is 13.4. The van der Waals surface area contributed by atoms with Gasteiger partial charge in [-0.05, 0) is 55.4 Å². The maximum atomic E-state index is 13.4. The van der Waals surface area contributed by atoms with Crippen molar-refractivity contribution in [1.82, 2.24) is 25.8 Å². The third kappa shape index (κ3) is 8.77. The van der Waals surface area contributed by atoms with E-state index >= 15 is 0 Å². The Morgan fingerprint density at radius 2 is 1.76 bits per heavy atom. The van der Waals surface area contributed by atoms with Crippen molar-refractivity contribution >= 4 is 52.1 Å². The zero-order valence-corrected chi connectivity index (χ0v) is 25.2. The van der Waals surface area contributed by atoms with Crippen LogP contribution in [0.4, 0.5) is 14.7 Å². The summed E-state index contributed by atoms with van der Waals surface area (Å²) in [5.41, 5.74) is -3.47. The van der Waals surface area contributed by atoms with Gasteiger partial charge in [0.15, 0.2) is 10.8 Å². The summed E-state index contributed by atoms with van der Waals surface area (Å²) in [4.78, 5) is 73.8. The van der Waals surface area contributed by atoms with Crippen LogP contribution in [-0.4, -0.2) is 94.0 Å². The van der Waals surface area contributed by atoms with Crippen LogP contribution in [0.2, 0.25) is 0 Å². The number of oxime groups is 1. The van der Waals surface area contributed by atoms with Crippen LogP contribution in [0.3, 0.4) is 0 Å².